The number of hydrogen-bond acceptors (Lipinski definition) is 8. The first kappa shape index (κ1) is 24.5. The monoisotopic (exact) mass is 527 g/mol. The second-order valence-corrected chi connectivity index (χ2v) is 8.36. The molecule has 0 aliphatic rings. The smallest absolute Gasteiger partial charge is 0.269 e. The molecule has 2 heterocycles. The second kappa shape index (κ2) is 10.4. The van der Waals surface area contributed by atoms with Crippen LogP contribution in [0.2, 0.25) is 5.02 Å². The van der Waals surface area contributed by atoms with Crippen LogP contribution in [0.5, 0.6) is 5.75 Å². The van der Waals surface area contributed by atoms with Crippen molar-refractivity contribution in [1.82, 2.24) is 19.3 Å². The number of pyridine rings is 1. The molecular formula is C26H18ClN7O4. The molecule has 0 aliphatic heterocycles. The number of methoxy groups -OCH3 is 1. The van der Waals surface area contributed by atoms with Crippen molar-refractivity contribution in [2.75, 3.05) is 7.11 Å². The number of hydrogen-bond donors (Lipinski definition) is 0. The lowest BCUT2D eigenvalue weighted by molar-refractivity contribution is -0.384. The van der Waals surface area contributed by atoms with Crippen molar-refractivity contribution in [3.8, 4) is 28.4 Å². The van der Waals surface area contributed by atoms with Crippen LogP contribution in [0.15, 0.2) is 107 Å². The van der Waals surface area contributed by atoms with Gasteiger partial charge in [0.05, 0.1) is 23.4 Å². The Hall–Kier alpha value is -5.16. The predicted octanol–water partition coefficient (Wildman–Crippen LogP) is 6.07. The average Bonchev–Trinajstić information content (AvgIpc) is 3.47. The molecule has 0 saturated carbocycles. The van der Waals surface area contributed by atoms with Crippen molar-refractivity contribution in [3.05, 3.63) is 117 Å². The van der Waals surface area contributed by atoms with Crippen LogP contribution in [-0.2, 0) is 0 Å². The van der Waals surface area contributed by atoms with Crippen LogP contribution in [-0.4, -0.2) is 31.4 Å². The maximum absolute atomic E-state index is 13.6. The van der Waals surface area contributed by atoms with E-state index >= 15 is 0 Å². The van der Waals surface area contributed by atoms with Crippen LogP contribution in [0.4, 0.5) is 17.1 Å². The van der Waals surface area contributed by atoms with Gasteiger partial charge in [0.1, 0.15) is 24.1 Å². The van der Waals surface area contributed by atoms with Gasteiger partial charge < -0.3 is 4.74 Å². The Bertz CT molecular complexity index is 1700. The van der Waals surface area contributed by atoms with Crippen LogP contribution in [0, 0.1) is 10.1 Å². The zero-order valence-electron chi connectivity index (χ0n) is 19.8. The number of aromatic nitrogens is 4. The van der Waals surface area contributed by atoms with E-state index in [4.69, 9.17) is 16.3 Å². The van der Waals surface area contributed by atoms with Gasteiger partial charge in [-0.1, -0.05) is 29.8 Å². The summed E-state index contributed by atoms with van der Waals surface area (Å²) in [5.74, 6) is 0.917. The molecule has 3 aromatic carbocycles. The van der Waals surface area contributed by atoms with Gasteiger partial charge in [0.25, 0.3) is 11.2 Å². The van der Waals surface area contributed by atoms with E-state index in [0.29, 0.717) is 39.0 Å². The molecule has 0 bridgehead atoms. The van der Waals surface area contributed by atoms with Crippen molar-refractivity contribution in [3.63, 3.8) is 0 Å². The molecule has 12 heteroatoms. The maximum Gasteiger partial charge on any atom is 0.269 e. The number of rotatable bonds is 7. The molecular weight excluding hydrogens is 510 g/mol. The van der Waals surface area contributed by atoms with Gasteiger partial charge in [0.2, 0.25) is 0 Å². The highest BCUT2D eigenvalue weighted by atomic mass is 35.5. The van der Waals surface area contributed by atoms with Crippen molar-refractivity contribution in [2.45, 2.75) is 0 Å². The Morgan fingerprint density at radius 3 is 2.39 bits per heavy atom. The normalized spacial score (nSPS) is 11.1. The van der Waals surface area contributed by atoms with Crippen LogP contribution in [0.1, 0.15) is 0 Å². The van der Waals surface area contributed by atoms with E-state index in [0.717, 1.165) is 0 Å². The molecule has 11 nitrogen and oxygen atoms in total. The second-order valence-electron chi connectivity index (χ2n) is 7.93. The molecule has 2 aromatic heterocycles. The number of nitrogens with zero attached hydrogens (tertiary/aromatic N) is 7. The first-order valence-corrected chi connectivity index (χ1v) is 11.5. The lowest BCUT2D eigenvalue weighted by Gasteiger charge is -2.18. The largest absolute Gasteiger partial charge is 0.497 e. The van der Waals surface area contributed by atoms with E-state index in [-0.39, 0.29) is 17.1 Å². The van der Waals surface area contributed by atoms with E-state index in [1.165, 1.54) is 52.2 Å². The quantitative estimate of drug-likeness (QED) is 0.143. The van der Waals surface area contributed by atoms with Gasteiger partial charge >= 0.3 is 0 Å². The minimum absolute atomic E-state index is 0.0688. The van der Waals surface area contributed by atoms with Crippen LogP contribution >= 0.6 is 11.6 Å². The van der Waals surface area contributed by atoms with Crippen molar-refractivity contribution in [1.29, 1.82) is 0 Å². The molecule has 0 amide bonds. The molecule has 188 valence electrons. The fourth-order valence-electron chi connectivity index (χ4n) is 3.82. The fraction of sp³-hybridized carbons (Fsp3) is 0.0385. The van der Waals surface area contributed by atoms with E-state index in [1.807, 2.05) is 0 Å². The predicted molar refractivity (Wildman–Crippen MR) is 141 cm³/mol. The summed E-state index contributed by atoms with van der Waals surface area (Å²) >= 11 is 6.24. The number of nitro benzene ring substituents is 1. The molecule has 5 rings (SSSR count). The van der Waals surface area contributed by atoms with Gasteiger partial charge in [-0.2, -0.15) is 10.2 Å². The van der Waals surface area contributed by atoms with E-state index < -0.39 is 4.92 Å². The number of nitro groups is 1. The summed E-state index contributed by atoms with van der Waals surface area (Å²) in [5, 5.41) is 24.6. The Labute approximate surface area is 220 Å². The van der Waals surface area contributed by atoms with Gasteiger partial charge in [-0.3, -0.25) is 19.5 Å². The minimum Gasteiger partial charge on any atom is -0.497 e. The molecule has 0 aliphatic carbocycles. The molecule has 38 heavy (non-hydrogen) atoms. The highest BCUT2D eigenvalue weighted by Gasteiger charge is 2.21. The molecule has 0 N–H and O–H groups in total. The number of ether oxygens (including phenoxy) is 1. The number of azo groups is 1. The first-order valence-electron chi connectivity index (χ1n) is 11.2. The summed E-state index contributed by atoms with van der Waals surface area (Å²) in [6.07, 6.45) is 2.78. The summed E-state index contributed by atoms with van der Waals surface area (Å²) in [6.45, 7) is 0. The topological polar surface area (TPSA) is 130 Å². The van der Waals surface area contributed by atoms with E-state index in [9.17, 15) is 14.9 Å². The zero-order valence-corrected chi connectivity index (χ0v) is 20.6. The number of non-ortho nitro benzene ring substituents is 1. The summed E-state index contributed by atoms with van der Waals surface area (Å²) < 4.78 is 8.10. The Morgan fingerprint density at radius 2 is 1.76 bits per heavy atom. The van der Waals surface area contributed by atoms with E-state index in [1.54, 1.807) is 55.6 Å². The Morgan fingerprint density at radius 1 is 1.00 bits per heavy atom. The van der Waals surface area contributed by atoms with Crippen molar-refractivity contribution >= 4 is 28.7 Å². The highest BCUT2D eigenvalue weighted by molar-refractivity contribution is 6.30. The average molecular weight is 528 g/mol. The molecule has 0 unspecified atom stereocenters. The Kier molecular flexibility index (Phi) is 6.74. The maximum atomic E-state index is 13.6. The Balaban J connectivity index is 1.79. The van der Waals surface area contributed by atoms with Crippen molar-refractivity contribution in [2.24, 2.45) is 10.2 Å². The lowest BCUT2D eigenvalue weighted by atomic mass is 10.0. The third-order valence-electron chi connectivity index (χ3n) is 5.60. The van der Waals surface area contributed by atoms with Gasteiger partial charge in [0, 0.05) is 28.8 Å². The van der Waals surface area contributed by atoms with E-state index in [2.05, 4.69) is 20.3 Å². The number of halogens is 1. The lowest BCUT2D eigenvalue weighted by Crippen LogP contribution is -2.23. The molecule has 0 atom stereocenters. The molecule has 0 saturated heterocycles. The standard InChI is InChI=1S/C26H18ClN7O4/c1-38-22-11-5-17(6-12-22)23-14-24(35)33(21-4-2-3-18(27)13-21)26(32-16-28-15-29-32)25(23)31-30-19-7-9-20(10-8-19)34(36)37/h2-16H,1H3. The van der Waals surface area contributed by atoms with Gasteiger partial charge in [-0.25, -0.2) is 9.67 Å². The summed E-state index contributed by atoms with van der Waals surface area (Å²) in [4.78, 5) is 28.2. The van der Waals surface area contributed by atoms with Crippen LogP contribution in [0.25, 0.3) is 22.6 Å². The van der Waals surface area contributed by atoms with Gasteiger partial charge in [-0.15, -0.1) is 5.11 Å². The first-order chi connectivity index (χ1) is 18.4. The van der Waals surface area contributed by atoms with Crippen LogP contribution < -0.4 is 10.3 Å². The van der Waals surface area contributed by atoms with Gasteiger partial charge in [0.15, 0.2) is 5.82 Å². The fourth-order valence-corrected chi connectivity index (χ4v) is 4.00. The summed E-state index contributed by atoms with van der Waals surface area (Å²) in [5.41, 5.74) is 1.90. The molecule has 0 radical (unpaired) electrons. The van der Waals surface area contributed by atoms with Crippen LogP contribution in [0.3, 0.4) is 0 Å². The minimum atomic E-state index is -0.494. The SMILES string of the molecule is COc1ccc(-c2cc(=O)n(-c3cccc(Cl)c3)c(-n3cncn3)c2N=Nc2ccc([N+](=O)[O-])cc2)cc1. The van der Waals surface area contributed by atoms with Gasteiger partial charge in [-0.05, 0) is 48.0 Å². The third kappa shape index (κ3) is 4.90. The summed E-state index contributed by atoms with van der Waals surface area (Å²) in [6, 6.07) is 21.0. The van der Waals surface area contributed by atoms with Crippen molar-refractivity contribution < 1.29 is 9.66 Å². The molecule has 0 spiro atoms. The summed E-state index contributed by atoms with van der Waals surface area (Å²) in [7, 11) is 1.56. The molecule has 0 fully saturated rings. The molecule has 5 aromatic rings. The number of benzene rings is 3. The zero-order chi connectivity index (χ0) is 26.6. The highest BCUT2D eigenvalue weighted by Crippen LogP contribution is 2.37. The third-order valence-corrected chi connectivity index (χ3v) is 5.83.